The highest BCUT2D eigenvalue weighted by atomic mass is 32.1. The predicted molar refractivity (Wildman–Crippen MR) is 80.2 cm³/mol. The molecule has 92 valence electrons. The van der Waals surface area contributed by atoms with Crippen LogP contribution in [0.15, 0.2) is 53.6 Å². The summed E-state index contributed by atoms with van der Waals surface area (Å²) in [5.41, 5.74) is 3.61. The zero-order chi connectivity index (χ0) is 9.80. The molecule has 1 aromatic rings. The first-order chi connectivity index (χ1) is 6.84. The highest BCUT2D eigenvalue weighted by Gasteiger charge is 1.98. The van der Waals surface area contributed by atoms with Crippen LogP contribution in [0.1, 0.15) is 18.9 Å². The molecule has 2 nitrogen and oxygen atoms in total. The standard InChI is InChI=1S/C14H12.2H3N.H2S/c1-12-7-8-14(11-12)10-9-13-5-3-2-4-6-13;;;/h2-6,8,11H,7H2,1H3;2*1H3;1H2. The normalized spacial score (nSPS) is 11.6. The highest BCUT2D eigenvalue weighted by molar-refractivity contribution is 7.59. The van der Waals surface area contributed by atoms with Crippen LogP contribution in [0.4, 0.5) is 0 Å². The second-order valence-corrected chi connectivity index (χ2v) is 3.47. The van der Waals surface area contributed by atoms with Crippen molar-refractivity contribution in [2.75, 3.05) is 0 Å². The Morgan fingerprint density at radius 2 is 1.65 bits per heavy atom. The summed E-state index contributed by atoms with van der Waals surface area (Å²) in [5.74, 6) is 6.31. The van der Waals surface area contributed by atoms with E-state index in [4.69, 9.17) is 0 Å². The summed E-state index contributed by atoms with van der Waals surface area (Å²) in [4.78, 5) is 0. The third-order valence-electron chi connectivity index (χ3n) is 2.17. The van der Waals surface area contributed by atoms with Gasteiger partial charge in [-0.05, 0) is 31.6 Å². The molecule has 0 aromatic heterocycles. The monoisotopic (exact) mass is 248 g/mol. The van der Waals surface area contributed by atoms with Crippen molar-refractivity contribution in [3.63, 3.8) is 0 Å². The van der Waals surface area contributed by atoms with Crippen LogP contribution in [0, 0.1) is 11.8 Å². The minimum atomic E-state index is 0. The minimum Gasteiger partial charge on any atom is -0.344 e. The van der Waals surface area contributed by atoms with E-state index >= 15 is 0 Å². The molecule has 0 atom stereocenters. The fraction of sp³-hybridized carbons (Fsp3) is 0.143. The summed E-state index contributed by atoms with van der Waals surface area (Å²) >= 11 is 0. The Balaban J connectivity index is 0. The van der Waals surface area contributed by atoms with Crippen molar-refractivity contribution in [3.05, 3.63) is 59.2 Å². The molecule has 1 aromatic carbocycles. The minimum absolute atomic E-state index is 0. The molecule has 1 aliphatic carbocycles. The van der Waals surface area contributed by atoms with Gasteiger partial charge in [0.15, 0.2) is 0 Å². The van der Waals surface area contributed by atoms with Crippen LogP contribution in [0.5, 0.6) is 0 Å². The van der Waals surface area contributed by atoms with E-state index in [9.17, 15) is 0 Å². The summed E-state index contributed by atoms with van der Waals surface area (Å²) < 4.78 is 0. The average Bonchev–Trinajstić information content (AvgIpc) is 2.63. The van der Waals surface area contributed by atoms with Crippen LogP contribution in [0.2, 0.25) is 0 Å². The van der Waals surface area contributed by atoms with Crippen LogP contribution in [0.25, 0.3) is 0 Å². The maximum atomic E-state index is 3.16. The van der Waals surface area contributed by atoms with E-state index in [1.54, 1.807) is 0 Å². The first-order valence-corrected chi connectivity index (χ1v) is 4.79. The van der Waals surface area contributed by atoms with Gasteiger partial charge in [0.05, 0.1) is 0 Å². The quantitative estimate of drug-likeness (QED) is 0.686. The summed E-state index contributed by atoms with van der Waals surface area (Å²) in [6, 6.07) is 10.1. The third-order valence-corrected chi connectivity index (χ3v) is 2.17. The highest BCUT2D eigenvalue weighted by Crippen LogP contribution is 2.15. The molecular formula is C14H20N2S. The average molecular weight is 248 g/mol. The molecule has 0 fully saturated rings. The Morgan fingerprint density at radius 3 is 2.18 bits per heavy atom. The Kier molecular flexibility index (Phi) is 9.12. The van der Waals surface area contributed by atoms with E-state index in [0.29, 0.717) is 0 Å². The van der Waals surface area contributed by atoms with Gasteiger partial charge in [-0.2, -0.15) is 13.5 Å². The van der Waals surface area contributed by atoms with E-state index in [1.165, 1.54) is 5.57 Å². The molecule has 6 N–H and O–H groups in total. The van der Waals surface area contributed by atoms with E-state index in [1.807, 2.05) is 30.3 Å². The molecule has 17 heavy (non-hydrogen) atoms. The van der Waals surface area contributed by atoms with E-state index < -0.39 is 0 Å². The molecular weight excluding hydrogens is 228 g/mol. The van der Waals surface area contributed by atoms with Gasteiger partial charge in [0.1, 0.15) is 0 Å². The van der Waals surface area contributed by atoms with Gasteiger partial charge in [-0.3, -0.25) is 0 Å². The maximum Gasteiger partial charge on any atom is 0.0249 e. The summed E-state index contributed by atoms with van der Waals surface area (Å²) in [5, 5.41) is 0. The summed E-state index contributed by atoms with van der Waals surface area (Å²) in [6.07, 6.45) is 5.38. The number of rotatable bonds is 0. The Bertz CT molecular complexity index is 450. The molecule has 0 saturated heterocycles. The lowest BCUT2D eigenvalue weighted by molar-refractivity contribution is 1.25. The lowest BCUT2D eigenvalue weighted by Gasteiger charge is -1.86. The lowest BCUT2D eigenvalue weighted by Crippen LogP contribution is -1.72. The number of allylic oxidation sites excluding steroid dienone is 4. The fourth-order valence-electron chi connectivity index (χ4n) is 1.41. The molecule has 0 radical (unpaired) electrons. The van der Waals surface area contributed by atoms with Crippen molar-refractivity contribution in [2.24, 2.45) is 0 Å². The second-order valence-electron chi connectivity index (χ2n) is 3.47. The van der Waals surface area contributed by atoms with Gasteiger partial charge in [0.25, 0.3) is 0 Å². The van der Waals surface area contributed by atoms with Crippen molar-refractivity contribution in [1.82, 2.24) is 12.3 Å². The summed E-state index contributed by atoms with van der Waals surface area (Å²) in [6.45, 7) is 2.13. The molecule has 1 aliphatic rings. The molecule has 0 heterocycles. The van der Waals surface area contributed by atoms with Gasteiger partial charge in [-0.15, -0.1) is 0 Å². The zero-order valence-corrected chi connectivity index (χ0v) is 11.2. The van der Waals surface area contributed by atoms with Crippen molar-refractivity contribution >= 4 is 13.5 Å². The number of hydrogen-bond acceptors (Lipinski definition) is 2. The fourth-order valence-corrected chi connectivity index (χ4v) is 1.41. The largest absolute Gasteiger partial charge is 0.344 e. The Labute approximate surface area is 110 Å². The van der Waals surface area contributed by atoms with Gasteiger partial charge in [-0.1, -0.05) is 41.7 Å². The third kappa shape index (κ3) is 5.41. The van der Waals surface area contributed by atoms with Crippen molar-refractivity contribution in [2.45, 2.75) is 13.3 Å². The maximum absolute atomic E-state index is 3.16. The molecule has 0 bridgehead atoms. The van der Waals surface area contributed by atoms with E-state index in [-0.39, 0.29) is 25.8 Å². The number of hydrogen-bond donors (Lipinski definition) is 2. The SMILES string of the molecule is CC1=CC(C#Cc2ccccc2)=CC1.N.N.S. The molecule has 2 rings (SSSR count). The smallest absolute Gasteiger partial charge is 0.0249 e. The van der Waals surface area contributed by atoms with Gasteiger partial charge in [0, 0.05) is 11.1 Å². The molecule has 0 spiro atoms. The molecule has 0 aliphatic heterocycles. The topological polar surface area (TPSA) is 70.0 Å². The number of benzene rings is 1. The van der Waals surface area contributed by atoms with Crippen molar-refractivity contribution < 1.29 is 0 Å². The molecule has 0 unspecified atom stereocenters. The first-order valence-electron chi connectivity index (χ1n) is 4.79. The second kappa shape index (κ2) is 8.66. The van der Waals surface area contributed by atoms with Crippen LogP contribution in [0.3, 0.4) is 0 Å². The van der Waals surface area contributed by atoms with Gasteiger partial charge >= 0.3 is 0 Å². The van der Waals surface area contributed by atoms with Crippen LogP contribution >= 0.6 is 13.5 Å². The van der Waals surface area contributed by atoms with Crippen molar-refractivity contribution in [1.29, 1.82) is 0 Å². The van der Waals surface area contributed by atoms with Gasteiger partial charge < -0.3 is 12.3 Å². The van der Waals surface area contributed by atoms with Crippen molar-refractivity contribution in [3.8, 4) is 11.8 Å². The van der Waals surface area contributed by atoms with Gasteiger partial charge in [0.2, 0.25) is 0 Å². The van der Waals surface area contributed by atoms with Gasteiger partial charge in [-0.25, -0.2) is 0 Å². The van der Waals surface area contributed by atoms with Crippen LogP contribution in [-0.2, 0) is 0 Å². The first kappa shape index (κ1) is 17.9. The van der Waals surface area contributed by atoms with Crippen LogP contribution in [-0.4, -0.2) is 0 Å². The zero-order valence-electron chi connectivity index (χ0n) is 10.2. The summed E-state index contributed by atoms with van der Waals surface area (Å²) in [7, 11) is 0. The lowest BCUT2D eigenvalue weighted by atomic mass is 10.2. The molecule has 0 amide bonds. The molecule has 3 heteroatoms. The van der Waals surface area contributed by atoms with E-state index in [0.717, 1.165) is 17.6 Å². The Morgan fingerprint density at radius 1 is 1.00 bits per heavy atom. The predicted octanol–water partition coefficient (Wildman–Crippen LogP) is 3.75. The molecule has 0 saturated carbocycles. The Hall–Kier alpha value is -1.47. The van der Waals surface area contributed by atoms with Crippen LogP contribution < -0.4 is 12.3 Å². The van der Waals surface area contributed by atoms with E-state index in [2.05, 4.69) is 30.9 Å².